The second kappa shape index (κ2) is 4.22. The molecule has 1 aliphatic rings. The van der Waals surface area contributed by atoms with Crippen molar-refractivity contribution < 1.29 is 14.7 Å². The van der Waals surface area contributed by atoms with E-state index in [1.54, 1.807) is 0 Å². The summed E-state index contributed by atoms with van der Waals surface area (Å²) >= 11 is 0. The van der Waals surface area contributed by atoms with Gasteiger partial charge in [-0.2, -0.15) is 0 Å². The lowest BCUT2D eigenvalue weighted by molar-refractivity contribution is -0.141. The van der Waals surface area contributed by atoms with Gasteiger partial charge in [0.15, 0.2) is 0 Å². The first kappa shape index (κ1) is 10.5. The molecule has 1 fully saturated rings. The lowest BCUT2D eigenvalue weighted by Crippen LogP contribution is -2.32. The molecule has 1 heterocycles. The van der Waals surface area contributed by atoms with E-state index in [-0.39, 0.29) is 18.9 Å². The molecule has 0 saturated carbocycles. The van der Waals surface area contributed by atoms with E-state index in [0.29, 0.717) is 0 Å². The summed E-state index contributed by atoms with van der Waals surface area (Å²) in [4.78, 5) is 22.2. The van der Waals surface area contributed by atoms with Crippen LogP contribution in [0.5, 0.6) is 0 Å². The lowest BCUT2D eigenvalue weighted by atomic mass is 10.1. The van der Waals surface area contributed by atoms with Crippen LogP contribution in [0.3, 0.4) is 0 Å². The molecule has 84 valence electrons. The molecule has 1 atom stereocenters. The number of hydrogen-bond donors (Lipinski definition) is 2. The number of rotatable bonds is 3. The number of hydrogen-bond acceptors (Lipinski definition) is 3. The highest BCUT2D eigenvalue weighted by molar-refractivity contribution is 5.86. The van der Waals surface area contributed by atoms with Crippen molar-refractivity contribution in [2.75, 3.05) is 12.0 Å². The van der Waals surface area contributed by atoms with Gasteiger partial charge in [-0.1, -0.05) is 18.2 Å². The van der Waals surface area contributed by atoms with Crippen molar-refractivity contribution in [3.05, 3.63) is 30.3 Å². The third-order valence-corrected chi connectivity index (χ3v) is 2.51. The van der Waals surface area contributed by atoms with Gasteiger partial charge in [-0.15, -0.1) is 0 Å². The number of hydrazine groups is 1. The Hall–Kier alpha value is -2.04. The maximum atomic E-state index is 11.5. The van der Waals surface area contributed by atoms with Gasteiger partial charge in [-0.25, -0.2) is 0 Å². The molecule has 2 N–H and O–H groups in total. The van der Waals surface area contributed by atoms with Crippen molar-refractivity contribution in [2.24, 2.45) is 5.92 Å². The van der Waals surface area contributed by atoms with E-state index in [1.807, 2.05) is 30.3 Å². The SMILES string of the molecule is O=C(O)[C@@H]1CC(=O)N(Nc2ccccc2)C1. The largest absolute Gasteiger partial charge is 0.481 e. The molecule has 0 aromatic heterocycles. The molecule has 5 heteroatoms. The molecular weight excluding hydrogens is 208 g/mol. The summed E-state index contributed by atoms with van der Waals surface area (Å²) in [6.07, 6.45) is 0.0646. The van der Waals surface area contributed by atoms with Crippen molar-refractivity contribution in [2.45, 2.75) is 6.42 Å². The summed E-state index contributed by atoms with van der Waals surface area (Å²) in [6, 6.07) is 9.20. The molecule has 5 nitrogen and oxygen atoms in total. The number of para-hydroxylation sites is 1. The first-order chi connectivity index (χ1) is 7.66. The Bertz CT molecular complexity index is 405. The average molecular weight is 220 g/mol. The maximum absolute atomic E-state index is 11.5. The topological polar surface area (TPSA) is 69.6 Å². The summed E-state index contributed by atoms with van der Waals surface area (Å²) in [5.74, 6) is -1.72. The monoisotopic (exact) mass is 220 g/mol. The van der Waals surface area contributed by atoms with Crippen molar-refractivity contribution in [1.82, 2.24) is 5.01 Å². The zero-order valence-electron chi connectivity index (χ0n) is 8.59. The van der Waals surface area contributed by atoms with Gasteiger partial charge < -0.3 is 5.11 Å². The summed E-state index contributed by atoms with van der Waals surface area (Å²) in [5, 5.41) is 10.2. The summed E-state index contributed by atoms with van der Waals surface area (Å²) in [5.41, 5.74) is 3.68. The zero-order valence-corrected chi connectivity index (χ0v) is 8.59. The Morgan fingerprint density at radius 3 is 2.62 bits per heavy atom. The normalized spacial score (nSPS) is 19.9. The molecule has 1 saturated heterocycles. The number of carbonyl (C=O) groups excluding carboxylic acids is 1. The standard InChI is InChI=1S/C11H12N2O3/c14-10-6-8(11(15)16)7-13(10)12-9-4-2-1-3-5-9/h1-5,8,12H,6-7H2,(H,15,16)/t8-/m1/s1. The quantitative estimate of drug-likeness (QED) is 0.795. The number of carboxylic acid groups (broad SMARTS) is 1. The molecule has 2 rings (SSSR count). The fourth-order valence-electron chi connectivity index (χ4n) is 1.65. The third kappa shape index (κ3) is 2.13. The third-order valence-electron chi connectivity index (χ3n) is 2.51. The van der Waals surface area contributed by atoms with Gasteiger partial charge in [0.05, 0.1) is 18.2 Å². The molecule has 0 bridgehead atoms. The Balaban J connectivity index is 2.02. The molecule has 0 unspecified atom stereocenters. The second-order valence-electron chi connectivity index (χ2n) is 3.72. The lowest BCUT2D eigenvalue weighted by Gasteiger charge is -2.18. The number of nitrogens with one attached hydrogen (secondary N) is 1. The number of benzene rings is 1. The van der Waals surface area contributed by atoms with E-state index in [9.17, 15) is 9.59 Å². The highest BCUT2D eigenvalue weighted by Gasteiger charge is 2.34. The van der Waals surface area contributed by atoms with E-state index in [2.05, 4.69) is 5.43 Å². The Morgan fingerprint density at radius 2 is 2.06 bits per heavy atom. The van der Waals surface area contributed by atoms with Crippen LogP contribution >= 0.6 is 0 Å². The van der Waals surface area contributed by atoms with Crippen LogP contribution in [0.25, 0.3) is 0 Å². The zero-order chi connectivity index (χ0) is 11.5. The van der Waals surface area contributed by atoms with E-state index in [1.165, 1.54) is 5.01 Å². The minimum absolute atomic E-state index is 0.0646. The average Bonchev–Trinajstić information content (AvgIpc) is 2.62. The minimum Gasteiger partial charge on any atom is -0.481 e. The summed E-state index contributed by atoms with van der Waals surface area (Å²) in [6.45, 7) is 0.211. The van der Waals surface area contributed by atoms with Crippen LogP contribution in [0, 0.1) is 5.92 Å². The van der Waals surface area contributed by atoms with Gasteiger partial charge in [0.25, 0.3) is 0 Å². The number of aliphatic carboxylic acids is 1. The molecule has 0 radical (unpaired) electrons. The van der Waals surface area contributed by atoms with Gasteiger partial charge in [-0.3, -0.25) is 20.0 Å². The first-order valence-electron chi connectivity index (χ1n) is 5.01. The van der Waals surface area contributed by atoms with Crippen LogP contribution in [0.4, 0.5) is 5.69 Å². The Kier molecular flexibility index (Phi) is 2.76. The van der Waals surface area contributed by atoms with Gasteiger partial charge in [0.2, 0.25) is 5.91 Å². The Labute approximate surface area is 92.6 Å². The van der Waals surface area contributed by atoms with Crippen LogP contribution in [-0.4, -0.2) is 28.5 Å². The highest BCUT2D eigenvalue weighted by Crippen LogP contribution is 2.19. The predicted molar refractivity (Wildman–Crippen MR) is 57.5 cm³/mol. The van der Waals surface area contributed by atoms with Gasteiger partial charge in [0.1, 0.15) is 0 Å². The number of nitrogens with zero attached hydrogens (tertiary/aromatic N) is 1. The van der Waals surface area contributed by atoms with Crippen LogP contribution in [0.2, 0.25) is 0 Å². The van der Waals surface area contributed by atoms with E-state index >= 15 is 0 Å². The second-order valence-corrected chi connectivity index (χ2v) is 3.72. The molecule has 0 aliphatic carbocycles. The molecular formula is C11H12N2O3. The number of anilines is 1. The number of carboxylic acids is 1. The summed E-state index contributed by atoms with van der Waals surface area (Å²) in [7, 11) is 0. The fourth-order valence-corrected chi connectivity index (χ4v) is 1.65. The molecule has 16 heavy (non-hydrogen) atoms. The smallest absolute Gasteiger partial charge is 0.308 e. The van der Waals surface area contributed by atoms with E-state index in [0.717, 1.165) is 5.69 Å². The van der Waals surface area contributed by atoms with Crippen molar-refractivity contribution >= 4 is 17.6 Å². The minimum atomic E-state index is -0.925. The highest BCUT2D eigenvalue weighted by atomic mass is 16.4. The molecule has 0 spiro atoms. The van der Waals surface area contributed by atoms with Crippen LogP contribution in [0.15, 0.2) is 30.3 Å². The van der Waals surface area contributed by atoms with Gasteiger partial charge >= 0.3 is 5.97 Å². The van der Waals surface area contributed by atoms with Crippen molar-refractivity contribution in [3.63, 3.8) is 0 Å². The predicted octanol–water partition coefficient (Wildman–Crippen LogP) is 0.947. The molecule has 1 aromatic rings. The van der Waals surface area contributed by atoms with E-state index in [4.69, 9.17) is 5.11 Å². The van der Waals surface area contributed by atoms with Crippen molar-refractivity contribution in [1.29, 1.82) is 0 Å². The van der Waals surface area contributed by atoms with E-state index < -0.39 is 11.9 Å². The maximum Gasteiger partial charge on any atom is 0.308 e. The molecule has 1 aromatic carbocycles. The van der Waals surface area contributed by atoms with Crippen LogP contribution in [-0.2, 0) is 9.59 Å². The van der Waals surface area contributed by atoms with Crippen LogP contribution in [0.1, 0.15) is 6.42 Å². The first-order valence-corrected chi connectivity index (χ1v) is 5.01. The number of carbonyl (C=O) groups is 2. The van der Waals surface area contributed by atoms with Gasteiger partial charge in [0, 0.05) is 6.42 Å². The Morgan fingerprint density at radius 1 is 1.38 bits per heavy atom. The van der Waals surface area contributed by atoms with Crippen LogP contribution < -0.4 is 5.43 Å². The molecule has 1 amide bonds. The number of amides is 1. The van der Waals surface area contributed by atoms with Gasteiger partial charge in [-0.05, 0) is 12.1 Å². The fraction of sp³-hybridized carbons (Fsp3) is 0.273. The van der Waals surface area contributed by atoms with Crippen molar-refractivity contribution in [3.8, 4) is 0 Å². The molecule has 1 aliphatic heterocycles. The summed E-state index contributed by atoms with van der Waals surface area (Å²) < 4.78 is 0.